The molecule has 2 aliphatic heterocycles. The van der Waals surface area contributed by atoms with E-state index in [4.69, 9.17) is 9.57 Å². The van der Waals surface area contributed by atoms with Gasteiger partial charge in [0.05, 0.1) is 18.8 Å². The molecule has 0 aromatic carbocycles. The molecule has 0 radical (unpaired) electrons. The quantitative estimate of drug-likeness (QED) is 0.746. The number of aromatic nitrogens is 2. The van der Waals surface area contributed by atoms with Gasteiger partial charge in [0.1, 0.15) is 11.3 Å². The minimum Gasteiger partial charge on any atom is -0.444 e. The maximum Gasteiger partial charge on any atom is 0.410 e. The van der Waals surface area contributed by atoms with Crippen molar-refractivity contribution >= 4 is 18.3 Å². The van der Waals surface area contributed by atoms with Gasteiger partial charge < -0.3 is 14.4 Å². The van der Waals surface area contributed by atoms with Crippen molar-refractivity contribution in [1.29, 1.82) is 0 Å². The molecule has 0 fully saturated rings. The van der Waals surface area contributed by atoms with Crippen molar-refractivity contribution in [2.75, 3.05) is 6.54 Å². The lowest BCUT2D eigenvalue weighted by molar-refractivity contribution is -0.122. The van der Waals surface area contributed by atoms with Crippen molar-refractivity contribution in [1.82, 2.24) is 20.2 Å². The summed E-state index contributed by atoms with van der Waals surface area (Å²) < 4.78 is 6.86. The monoisotopic (exact) mass is 336 g/mol. The van der Waals surface area contributed by atoms with Crippen molar-refractivity contribution < 1.29 is 24.0 Å². The van der Waals surface area contributed by atoms with Gasteiger partial charge in [-0.2, -0.15) is 5.10 Å². The van der Waals surface area contributed by atoms with Crippen molar-refractivity contribution in [3.05, 3.63) is 17.0 Å². The molecule has 0 saturated heterocycles. The number of hydrogen-bond acceptors (Lipinski definition) is 6. The van der Waals surface area contributed by atoms with Crippen LogP contribution in [0.3, 0.4) is 0 Å². The summed E-state index contributed by atoms with van der Waals surface area (Å²) in [4.78, 5) is 42.0. The molecule has 1 atom stereocenters. The first kappa shape index (κ1) is 16.4. The number of aldehydes is 1. The Balaban J connectivity index is 1.87. The second-order valence-electron chi connectivity index (χ2n) is 6.83. The van der Waals surface area contributed by atoms with Crippen LogP contribution in [0.4, 0.5) is 4.79 Å². The highest BCUT2D eigenvalue weighted by Gasteiger charge is 2.34. The number of ether oxygens (including phenoxy) is 1. The predicted molar refractivity (Wildman–Crippen MR) is 81.0 cm³/mol. The van der Waals surface area contributed by atoms with Crippen molar-refractivity contribution in [2.45, 2.75) is 52.0 Å². The van der Waals surface area contributed by atoms with Gasteiger partial charge in [-0.3, -0.25) is 14.3 Å². The van der Waals surface area contributed by atoms with Gasteiger partial charge in [-0.05, 0) is 20.8 Å². The first-order valence-corrected chi connectivity index (χ1v) is 7.76. The number of amides is 2. The van der Waals surface area contributed by atoms with Crippen LogP contribution >= 0.6 is 0 Å². The molecule has 3 heterocycles. The van der Waals surface area contributed by atoms with Gasteiger partial charge >= 0.3 is 6.09 Å². The van der Waals surface area contributed by atoms with Crippen LogP contribution in [-0.2, 0) is 33.9 Å². The van der Waals surface area contributed by atoms with Crippen LogP contribution in [0.25, 0.3) is 0 Å². The average Bonchev–Trinajstić information content (AvgIpc) is 2.78. The molecular weight excluding hydrogens is 316 g/mol. The third kappa shape index (κ3) is 3.12. The molecule has 0 bridgehead atoms. The van der Waals surface area contributed by atoms with Gasteiger partial charge in [-0.25, -0.2) is 10.3 Å². The zero-order valence-electron chi connectivity index (χ0n) is 13.9. The van der Waals surface area contributed by atoms with Crippen LogP contribution in [0, 0.1) is 0 Å². The van der Waals surface area contributed by atoms with E-state index in [-0.39, 0.29) is 13.1 Å². The first-order chi connectivity index (χ1) is 11.3. The van der Waals surface area contributed by atoms with E-state index in [1.165, 1.54) is 4.68 Å². The summed E-state index contributed by atoms with van der Waals surface area (Å²) in [5.74, 6) is -0.473. The summed E-state index contributed by atoms with van der Waals surface area (Å²) in [5, 5.41) is 4.41. The Bertz CT molecular complexity index is 691. The fourth-order valence-corrected chi connectivity index (χ4v) is 2.75. The molecule has 1 N–H and O–H groups in total. The number of rotatable bonds is 1. The van der Waals surface area contributed by atoms with E-state index >= 15 is 0 Å². The second-order valence-corrected chi connectivity index (χ2v) is 6.83. The number of carbonyl (C=O) groups is 3. The second kappa shape index (κ2) is 5.90. The summed E-state index contributed by atoms with van der Waals surface area (Å²) in [5.41, 5.74) is 3.41. The molecule has 9 heteroatoms. The van der Waals surface area contributed by atoms with Gasteiger partial charge in [0, 0.05) is 18.5 Å². The molecule has 1 unspecified atom stereocenters. The summed E-state index contributed by atoms with van der Waals surface area (Å²) >= 11 is 0. The van der Waals surface area contributed by atoms with Gasteiger partial charge in [-0.15, -0.1) is 0 Å². The average molecular weight is 336 g/mol. The fourth-order valence-electron chi connectivity index (χ4n) is 2.75. The van der Waals surface area contributed by atoms with Crippen molar-refractivity contribution in [3.63, 3.8) is 0 Å². The molecule has 1 aromatic rings. The van der Waals surface area contributed by atoms with Crippen LogP contribution in [0.15, 0.2) is 0 Å². The van der Waals surface area contributed by atoms with Gasteiger partial charge in [0.25, 0.3) is 5.91 Å². The Morgan fingerprint density at radius 2 is 2.21 bits per heavy atom. The lowest BCUT2D eigenvalue weighted by atomic mass is 10.1. The molecule has 0 saturated carbocycles. The molecule has 130 valence electrons. The Morgan fingerprint density at radius 3 is 2.88 bits per heavy atom. The fraction of sp³-hybridized carbons (Fsp3) is 0.600. The lowest BCUT2D eigenvalue weighted by Crippen LogP contribution is -2.40. The summed E-state index contributed by atoms with van der Waals surface area (Å²) in [7, 11) is 0. The maximum absolute atomic E-state index is 12.3. The lowest BCUT2D eigenvalue weighted by Gasteiger charge is -2.29. The third-order valence-electron chi connectivity index (χ3n) is 3.78. The SMILES string of the molecule is CC(C)(C)OC(=O)N1CCc2nn3c(c2C1)C(=O)NOC(C=O)C3. The summed E-state index contributed by atoms with van der Waals surface area (Å²) in [6.45, 7) is 6.26. The largest absolute Gasteiger partial charge is 0.444 e. The maximum atomic E-state index is 12.3. The summed E-state index contributed by atoms with van der Waals surface area (Å²) in [6, 6.07) is 0. The number of nitrogens with zero attached hydrogens (tertiary/aromatic N) is 3. The van der Waals surface area contributed by atoms with E-state index in [1.54, 1.807) is 25.7 Å². The highest BCUT2D eigenvalue weighted by atomic mass is 16.7. The highest BCUT2D eigenvalue weighted by Crippen LogP contribution is 2.25. The summed E-state index contributed by atoms with van der Waals surface area (Å²) in [6.07, 6.45) is -0.0833. The van der Waals surface area contributed by atoms with Crippen LogP contribution in [0.5, 0.6) is 0 Å². The zero-order valence-corrected chi connectivity index (χ0v) is 13.9. The Kier molecular flexibility index (Phi) is 4.04. The van der Waals surface area contributed by atoms with Crippen LogP contribution < -0.4 is 5.48 Å². The topological polar surface area (TPSA) is 103 Å². The minimum absolute atomic E-state index is 0.150. The molecule has 1 aromatic heterocycles. The van der Waals surface area contributed by atoms with E-state index in [0.29, 0.717) is 30.5 Å². The molecule has 2 amide bonds. The molecular formula is C15H20N4O5. The van der Waals surface area contributed by atoms with E-state index in [1.807, 2.05) is 0 Å². The van der Waals surface area contributed by atoms with Gasteiger partial charge in [0.2, 0.25) is 0 Å². The molecule has 2 aliphatic rings. The molecule has 9 nitrogen and oxygen atoms in total. The first-order valence-electron chi connectivity index (χ1n) is 7.76. The van der Waals surface area contributed by atoms with E-state index in [9.17, 15) is 14.4 Å². The van der Waals surface area contributed by atoms with E-state index in [2.05, 4.69) is 10.6 Å². The molecule has 0 spiro atoms. The molecule has 24 heavy (non-hydrogen) atoms. The predicted octanol–water partition coefficient (Wildman–Crippen LogP) is 0.419. The molecule has 0 aliphatic carbocycles. The van der Waals surface area contributed by atoms with E-state index in [0.717, 1.165) is 5.69 Å². The van der Waals surface area contributed by atoms with Crippen molar-refractivity contribution in [3.8, 4) is 0 Å². The number of carbonyl (C=O) groups excluding carboxylic acids is 3. The number of hydrogen-bond donors (Lipinski definition) is 1. The Hall–Kier alpha value is -2.42. The third-order valence-corrected chi connectivity index (χ3v) is 3.78. The van der Waals surface area contributed by atoms with Crippen LogP contribution in [0.1, 0.15) is 42.5 Å². The Morgan fingerprint density at radius 1 is 1.46 bits per heavy atom. The number of hydroxylamine groups is 1. The number of fused-ring (bicyclic) bond motifs is 3. The van der Waals surface area contributed by atoms with Crippen LogP contribution in [0.2, 0.25) is 0 Å². The van der Waals surface area contributed by atoms with Crippen LogP contribution in [-0.4, -0.2) is 51.2 Å². The zero-order chi connectivity index (χ0) is 17.5. The number of nitrogens with one attached hydrogen (secondary N) is 1. The smallest absolute Gasteiger partial charge is 0.410 e. The standard InChI is InChI=1S/C15H20N4O5/c1-15(2,3)23-14(22)18-5-4-11-10(7-18)12-13(21)17-24-9(8-20)6-19(12)16-11/h8-9H,4-7H2,1-3H3,(H,17,21). The Labute approximate surface area is 138 Å². The molecule has 3 rings (SSSR count). The normalized spacial score (nSPS) is 20.5. The van der Waals surface area contributed by atoms with Gasteiger partial charge in [-0.1, -0.05) is 0 Å². The van der Waals surface area contributed by atoms with Gasteiger partial charge in [0.15, 0.2) is 12.4 Å². The minimum atomic E-state index is -0.793. The van der Waals surface area contributed by atoms with E-state index < -0.39 is 23.7 Å². The highest BCUT2D eigenvalue weighted by molar-refractivity contribution is 5.94. The van der Waals surface area contributed by atoms with Crippen molar-refractivity contribution in [2.24, 2.45) is 0 Å².